The van der Waals surface area contributed by atoms with Crippen LogP contribution in [0.2, 0.25) is 0 Å². The van der Waals surface area contributed by atoms with Crippen LogP contribution in [0.5, 0.6) is 0 Å². The Morgan fingerprint density at radius 2 is 1.33 bits per heavy atom. The maximum atomic E-state index is 11.7. The molecule has 0 aliphatic carbocycles. The molecular weight excluding hydrogens is 236 g/mol. The molecule has 15 heavy (non-hydrogen) atoms. The van der Waals surface area contributed by atoms with Gasteiger partial charge in [-0.3, -0.25) is 4.79 Å². The quantitative estimate of drug-likeness (QED) is 0.549. The normalized spacial score (nSPS) is 13.9. The molecule has 0 unspecified atom stereocenters. The van der Waals surface area contributed by atoms with Crippen molar-refractivity contribution < 1.29 is 41.0 Å². The minimum absolute atomic E-state index is 1.45. The summed E-state index contributed by atoms with van der Waals surface area (Å²) in [7, 11) is 0. The molecule has 4 nitrogen and oxygen atoms in total. The average Bonchev–Trinajstić information content (AvgIpc) is 1.94. The maximum absolute atomic E-state index is 11.7. The number of hydrogen-bond donors (Lipinski definition) is 1. The van der Waals surface area contributed by atoms with Gasteiger partial charge in [0, 0.05) is 0 Å². The van der Waals surface area contributed by atoms with Gasteiger partial charge in [-0.2, -0.15) is 31.3 Å². The Morgan fingerprint density at radius 3 is 1.53 bits per heavy atom. The third-order valence-electron chi connectivity index (χ3n) is 0.927. The number of carbonyl (C=O) groups excluding carboxylic acids is 1. The molecule has 0 aromatic carbocycles. The molecule has 86 valence electrons. The van der Waals surface area contributed by atoms with E-state index in [1.165, 1.54) is 4.99 Å². The van der Waals surface area contributed by atoms with E-state index in [1.54, 1.807) is 0 Å². The van der Waals surface area contributed by atoms with E-state index in [1.807, 2.05) is 0 Å². The number of nitrogens with zero attached hydrogens (tertiary/aromatic N) is 1. The van der Waals surface area contributed by atoms with Gasteiger partial charge in [-0.15, -0.1) is 0 Å². The van der Waals surface area contributed by atoms with Gasteiger partial charge in [-0.25, -0.2) is 4.79 Å². The number of halogens is 6. The zero-order valence-corrected chi connectivity index (χ0v) is 6.48. The molecule has 0 aliphatic rings. The smallest absolute Gasteiger partial charge is 0.473 e. The first-order valence-electron chi connectivity index (χ1n) is 2.96. The van der Waals surface area contributed by atoms with Gasteiger partial charge in [0.05, 0.1) is 0 Å². The SMILES string of the molecule is O=C(O)C(=NC(=O)C(F)(F)F)C(F)(F)F. The number of hydrogen-bond acceptors (Lipinski definition) is 2. The third kappa shape index (κ3) is 3.95. The molecular formula is C5HF6NO3. The van der Waals surface area contributed by atoms with E-state index in [0.29, 0.717) is 0 Å². The van der Waals surface area contributed by atoms with E-state index < -0.39 is 29.9 Å². The zero-order chi connectivity index (χ0) is 12.4. The lowest BCUT2D eigenvalue weighted by Gasteiger charge is -2.06. The van der Waals surface area contributed by atoms with Crippen LogP contribution < -0.4 is 0 Å². The summed E-state index contributed by atoms with van der Waals surface area (Å²) in [6.07, 6.45) is -11.3. The van der Waals surface area contributed by atoms with Gasteiger partial charge >= 0.3 is 24.2 Å². The summed E-state index contributed by atoms with van der Waals surface area (Å²) < 4.78 is 69.4. The maximum Gasteiger partial charge on any atom is 0.473 e. The van der Waals surface area contributed by atoms with E-state index in [2.05, 4.69) is 0 Å². The Bertz CT molecular complexity index is 314. The Hall–Kier alpha value is -1.61. The van der Waals surface area contributed by atoms with Crippen LogP contribution >= 0.6 is 0 Å². The summed E-state index contributed by atoms with van der Waals surface area (Å²) in [6.45, 7) is 0. The fourth-order valence-corrected chi connectivity index (χ4v) is 0.397. The molecule has 0 aromatic heterocycles. The highest BCUT2D eigenvalue weighted by molar-refractivity contribution is 6.39. The first kappa shape index (κ1) is 13.4. The number of alkyl halides is 6. The highest BCUT2D eigenvalue weighted by atomic mass is 19.4. The number of rotatable bonds is 1. The summed E-state index contributed by atoms with van der Waals surface area (Å²) in [5.41, 5.74) is -2.81. The largest absolute Gasteiger partial charge is 0.477 e. The van der Waals surface area contributed by atoms with Crippen LogP contribution in [-0.4, -0.2) is 35.0 Å². The van der Waals surface area contributed by atoms with E-state index >= 15 is 0 Å². The minimum atomic E-state index is -5.65. The summed E-state index contributed by atoms with van der Waals surface area (Å²) in [4.78, 5) is 21.2. The number of carbonyl (C=O) groups is 2. The van der Waals surface area contributed by atoms with E-state index in [0.717, 1.165) is 0 Å². The third-order valence-corrected chi connectivity index (χ3v) is 0.927. The van der Waals surface area contributed by atoms with Gasteiger partial charge in [-0.1, -0.05) is 0 Å². The highest BCUT2D eigenvalue weighted by Gasteiger charge is 2.46. The molecule has 0 heterocycles. The molecule has 0 bridgehead atoms. The molecule has 0 saturated carbocycles. The van der Waals surface area contributed by atoms with Crippen LogP contribution in [0.1, 0.15) is 0 Å². The average molecular weight is 237 g/mol. The molecule has 0 aromatic rings. The van der Waals surface area contributed by atoms with E-state index in [-0.39, 0.29) is 0 Å². The predicted molar refractivity (Wildman–Crippen MR) is 32.2 cm³/mol. The first-order valence-corrected chi connectivity index (χ1v) is 2.96. The highest BCUT2D eigenvalue weighted by Crippen LogP contribution is 2.21. The number of carboxylic acids is 1. The standard InChI is InChI=1S/C5HF6NO3/c6-4(7,8)1(2(13)14)12-3(15)5(9,10)11/h(H,13,14). The fourth-order valence-electron chi connectivity index (χ4n) is 0.397. The monoisotopic (exact) mass is 237 g/mol. The predicted octanol–water partition coefficient (Wildman–Crippen LogP) is 1.16. The Kier molecular flexibility index (Phi) is 3.45. The van der Waals surface area contributed by atoms with Crippen molar-refractivity contribution in [3.63, 3.8) is 0 Å². The molecule has 0 rings (SSSR count). The van der Waals surface area contributed by atoms with Crippen LogP contribution in [0, 0.1) is 0 Å². The second-order valence-corrected chi connectivity index (χ2v) is 2.07. The lowest BCUT2D eigenvalue weighted by molar-refractivity contribution is -0.170. The Morgan fingerprint density at radius 1 is 0.933 bits per heavy atom. The van der Waals surface area contributed by atoms with E-state index in [4.69, 9.17) is 5.11 Å². The van der Waals surface area contributed by atoms with Gasteiger partial charge in [0.2, 0.25) is 5.71 Å². The van der Waals surface area contributed by atoms with E-state index in [9.17, 15) is 35.9 Å². The summed E-state index contributed by atoms with van der Waals surface area (Å²) in [5.74, 6) is -5.89. The van der Waals surface area contributed by atoms with Crippen molar-refractivity contribution in [3.8, 4) is 0 Å². The van der Waals surface area contributed by atoms with Crippen molar-refractivity contribution in [1.82, 2.24) is 0 Å². The molecule has 1 amide bonds. The van der Waals surface area contributed by atoms with Crippen LogP contribution in [0.4, 0.5) is 26.3 Å². The second kappa shape index (κ2) is 3.87. The zero-order valence-electron chi connectivity index (χ0n) is 6.48. The second-order valence-electron chi connectivity index (χ2n) is 2.07. The molecule has 0 aliphatic heterocycles. The van der Waals surface area contributed by atoms with Crippen LogP contribution in [0.15, 0.2) is 4.99 Å². The van der Waals surface area contributed by atoms with Gasteiger partial charge in [-0.05, 0) is 0 Å². The van der Waals surface area contributed by atoms with Crippen LogP contribution in [-0.2, 0) is 9.59 Å². The van der Waals surface area contributed by atoms with Crippen LogP contribution in [0.3, 0.4) is 0 Å². The molecule has 0 fully saturated rings. The number of amides is 1. The Labute approximate surface area is 77.2 Å². The van der Waals surface area contributed by atoms with Gasteiger partial charge in [0.25, 0.3) is 0 Å². The van der Waals surface area contributed by atoms with Gasteiger partial charge in [0.1, 0.15) is 0 Å². The summed E-state index contributed by atoms with van der Waals surface area (Å²) in [6, 6.07) is 0. The number of aliphatic imine (C=N–C) groups is 1. The molecule has 0 spiro atoms. The molecule has 0 atom stereocenters. The summed E-state index contributed by atoms with van der Waals surface area (Å²) >= 11 is 0. The Balaban J connectivity index is 5.22. The lowest BCUT2D eigenvalue weighted by Crippen LogP contribution is -2.34. The van der Waals surface area contributed by atoms with Gasteiger partial charge < -0.3 is 5.11 Å². The van der Waals surface area contributed by atoms with Crippen molar-refractivity contribution in [2.45, 2.75) is 12.4 Å². The van der Waals surface area contributed by atoms with Crippen molar-refractivity contribution in [1.29, 1.82) is 0 Å². The van der Waals surface area contributed by atoms with Crippen molar-refractivity contribution in [2.24, 2.45) is 4.99 Å². The summed E-state index contributed by atoms with van der Waals surface area (Å²) in [5, 5.41) is 7.85. The molecule has 1 N–H and O–H groups in total. The molecule has 0 radical (unpaired) electrons. The lowest BCUT2D eigenvalue weighted by atomic mass is 10.3. The number of aliphatic carboxylic acids is 1. The van der Waals surface area contributed by atoms with Crippen LogP contribution in [0.25, 0.3) is 0 Å². The first-order chi connectivity index (χ1) is 6.46. The minimum Gasteiger partial charge on any atom is -0.477 e. The molecule has 10 heteroatoms. The van der Waals surface area contributed by atoms with Crippen molar-refractivity contribution >= 4 is 17.6 Å². The molecule has 0 saturated heterocycles. The fraction of sp³-hybridized carbons (Fsp3) is 0.400. The topological polar surface area (TPSA) is 66.7 Å². The van der Waals surface area contributed by atoms with Crippen molar-refractivity contribution in [2.75, 3.05) is 0 Å². The number of carboxylic acid groups (broad SMARTS) is 1. The van der Waals surface area contributed by atoms with Crippen molar-refractivity contribution in [3.05, 3.63) is 0 Å². The van der Waals surface area contributed by atoms with Gasteiger partial charge in [0.15, 0.2) is 0 Å².